The molecule has 182 valence electrons. The van der Waals surface area contributed by atoms with Crippen molar-refractivity contribution in [2.75, 3.05) is 57.9 Å². The molecule has 0 radical (unpaired) electrons. The highest BCUT2D eigenvalue weighted by molar-refractivity contribution is 5.80. The maximum Gasteiger partial charge on any atom is 0.409 e. The molecule has 7 nitrogen and oxygen atoms in total. The lowest BCUT2D eigenvalue weighted by molar-refractivity contribution is -0.00294. The van der Waals surface area contributed by atoms with E-state index >= 15 is 0 Å². The minimum atomic E-state index is -0.305. The summed E-state index contributed by atoms with van der Waals surface area (Å²) in [7, 11) is 1.56. The molecule has 0 N–H and O–H groups in total. The zero-order valence-electron chi connectivity index (χ0n) is 20.0. The number of piperazine rings is 1. The van der Waals surface area contributed by atoms with E-state index in [-0.39, 0.29) is 17.3 Å². The standard InChI is InChI=1S/C26H33FN4O3/c1-3-34-25(32)31-17-26(18-31)10-9-19(16-26)29-12-14-30(15-13-29)24-20(6-5-11-28-24)23-21(27)7-4-8-22(23)33-2/h4-8,11,19H,3,9-10,12-18H2,1-2H3/t19-/m1/s1. The highest BCUT2D eigenvalue weighted by Gasteiger charge is 2.51. The van der Waals surface area contributed by atoms with Crippen LogP contribution in [0.1, 0.15) is 26.2 Å². The van der Waals surface area contributed by atoms with E-state index in [2.05, 4.69) is 14.8 Å². The lowest BCUT2D eigenvalue weighted by atomic mass is 9.78. The third kappa shape index (κ3) is 4.19. The largest absolute Gasteiger partial charge is 0.496 e. The molecule has 1 saturated carbocycles. The second-order valence-electron chi connectivity index (χ2n) is 9.67. The van der Waals surface area contributed by atoms with Crippen LogP contribution < -0.4 is 9.64 Å². The number of ether oxygens (including phenoxy) is 2. The predicted octanol–water partition coefficient (Wildman–Crippen LogP) is 4.03. The second-order valence-corrected chi connectivity index (χ2v) is 9.67. The van der Waals surface area contributed by atoms with E-state index < -0.39 is 0 Å². The van der Waals surface area contributed by atoms with Crippen LogP contribution in [0.5, 0.6) is 5.75 Å². The lowest BCUT2D eigenvalue weighted by Gasteiger charge is -2.48. The molecule has 2 aliphatic heterocycles. The zero-order chi connectivity index (χ0) is 23.7. The van der Waals surface area contributed by atoms with Gasteiger partial charge in [0.05, 0.1) is 19.3 Å². The van der Waals surface area contributed by atoms with Crippen LogP contribution in [0.15, 0.2) is 36.5 Å². The molecule has 34 heavy (non-hydrogen) atoms. The van der Waals surface area contributed by atoms with E-state index in [1.54, 1.807) is 25.4 Å². The van der Waals surface area contributed by atoms with Crippen LogP contribution in [-0.2, 0) is 4.74 Å². The summed E-state index contributed by atoms with van der Waals surface area (Å²) in [5, 5.41) is 0. The fourth-order valence-electron chi connectivity index (χ4n) is 5.96. The number of aromatic nitrogens is 1. The molecule has 2 saturated heterocycles. The number of carbonyl (C=O) groups is 1. The Bertz CT molecular complexity index is 1030. The fourth-order valence-corrected chi connectivity index (χ4v) is 5.96. The summed E-state index contributed by atoms with van der Waals surface area (Å²) in [6.07, 6.45) is 5.08. The minimum absolute atomic E-state index is 0.178. The average molecular weight is 469 g/mol. The van der Waals surface area contributed by atoms with Gasteiger partial charge in [0.25, 0.3) is 0 Å². The van der Waals surface area contributed by atoms with Crippen LogP contribution in [0.2, 0.25) is 0 Å². The van der Waals surface area contributed by atoms with Crippen LogP contribution in [0, 0.1) is 11.2 Å². The number of halogens is 1. The third-order valence-corrected chi connectivity index (χ3v) is 7.64. The first-order valence-corrected chi connectivity index (χ1v) is 12.2. The Labute approximate surface area is 200 Å². The number of amides is 1. The van der Waals surface area contributed by atoms with Crippen molar-refractivity contribution in [3.63, 3.8) is 0 Å². The fraction of sp³-hybridized carbons (Fsp3) is 0.538. The average Bonchev–Trinajstić information content (AvgIpc) is 3.29. The van der Waals surface area contributed by atoms with Gasteiger partial charge in [0.1, 0.15) is 17.4 Å². The van der Waals surface area contributed by atoms with Crippen molar-refractivity contribution < 1.29 is 18.7 Å². The Morgan fingerprint density at radius 3 is 2.71 bits per heavy atom. The summed E-state index contributed by atoms with van der Waals surface area (Å²) in [4.78, 5) is 23.3. The van der Waals surface area contributed by atoms with Gasteiger partial charge in [-0.25, -0.2) is 14.2 Å². The SMILES string of the molecule is CCOC(=O)N1CC2(CC[C@@H](N3CCN(c4ncccc4-c4c(F)cccc4OC)CC3)C2)C1. The summed E-state index contributed by atoms with van der Waals surface area (Å²) >= 11 is 0. The maximum absolute atomic E-state index is 14.8. The topological polar surface area (TPSA) is 58.1 Å². The normalized spacial score (nSPS) is 22.0. The van der Waals surface area contributed by atoms with E-state index in [9.17, 15) is 9.18 Å². The summed E-state index contributed by atoms with van der Waals surface area (Å²) < 4.78 is 25.4. The smallest absolute Gasteiger partial charge is 0.409 e. The van der Waals surface area contributed by atoms with Gasteiger partial charge in [0, 0.05) is 62.5 Å². The van der Waals surface area contributed by atoms with Crippen LogP contribution in [0.4, 0.5) is 15.0 Å². The van der Waals surface area contributed by atoms with E-state index in [0.717, 1.165) is 57.1 Å². The predicted molar refractivity (Wildman–Crippen MR) is 129 cm³/mol. The first-order chi connectivity index (χ1) is 16.5. The number of hydrogen-bond donors (Lipinski definition) is 0. The van der Waals surface area contributed by atoms with Crippen molar-refractivity contribution in [1.82, 2.24) is 14.8 Å². The zero-order valence-corrected chi connectivity index (χ0v) is 20.0. The van der Waals surface area contributed by atoms with Gasteiger partial charge < -0.3 is 19.3 Å². The number of pyridine rings is 1. The Morgan fingerprint density at radius 1 is 1.18 bits per heavy atom. The van der Waals surface area contributed by atoms with Crippen molar-refractivity contribution in [2.24, 2.45) is 5.41 Å². The van der Waals surface area contributed by atoms with Gasteiger partial charge in [-0.3, -0.25) is 4.90 Å². The van der Waals surface area contributed by atoms with Crippen LogP contribution >= 0.6 is 0 Å². The molecule has 1 amide bonds. The molecule has 1 spiro atoms. The first-order valence-electron chi connectivity index (χ1n) is 12.2. The third-order valence-electron chi connectivity index (χ3n) is 7.64. The van der Waals surface area contributed by atoms with Gasteiger partial charge in [-0.2, -0.15) is 0 Å². The Hall–Kier alpha value is -2.87. The van der Waals surface area contributed by atoms with Gasteiger partial charge in [0.2, 0.25) is 0 Å². The molecule has 1 aromatic heterocycles. The van der Waals surface area contributed by atoms with Crippen molar-refractivity contribution in [1.29, 1.82) is 0 Å². The molecule has 3 fully saturated rings. The van der Waals surface area contributed by atoms with Gasteiger partial charge in [-0.15, -0.1) is 0 Å². The number of rotatable bonds is 5. The number of anilines is 1. The number of hydrogen-bond acceptors (Lipinski definition) is 6. The number of benzene rings is 1. The molecule has 1 aliphatic carbocycles. The number of carbonyl (C=O) groups excluding carboxylic acids is 1. The van der Waals surface area contributed by atoms with Crippen LogP contribution in [0.25, 0.3) is 11.1 Å². The van der Waals surface area contributed by atoms with Gasteiger partial charge >= 0.3 is 6.09 Å². The van der Waals surface area contributed by atoms with Gasteiger partial charge in [0.15, 0.2) is 0 Å². The molecule has 1 atom stereocenters. The maximum atomic E-state index is 14.8. The summed E-state index contributed by atoms with van der Waals surface area (Å²) in [5.74, 6) is 1.01. The molecule has 1 aromatic carbocycles. The molecule has 0 unspecified atom stereocenters. The monoisotopic (exact) mass is 468 g/mol. The Balaban J connectivity index is 1.23. The van der Waals surface area contributed by atoms with E-state index in [4.69, 9.17) is 9.47 Å². The van der Waals surface area contributed by atoms with Gasteiger partial charge in [-0.1, -0.05) is 6.07 Å². The molecule has 3 heterocycles. The minimum Gasteiger partial charge on any atom is -0.496 e. The highest BCUT2D eigenvalue weighted by atomic mass is 19.1. The molecule has 5 rings (SSSR count). The molecule has 3 aliphatic rings. The second kappa shape index (κ2) is 9.41. The highest BCUT2D eigenvalue weighted by Crippen LogP contribution is 2.47. The molecule has 2 aromatic rings. The number of nitrogens with zero attached hydrogens (tertiary/aromatic N) is 4. The van der Waals surface area contributed by atoms with Crippen molar-refractivity contribution in [2.45, 2.75) is 32.2 Å². The lowest BCUT2D eigenvalue weighted by Crippen LogP contribution is -2.58. The number of likely N-dealkylation sites (tertiary alicyclic amines) is 1. The summed E-state index contributed by atoms with van der Waals surface area (Å²) in [5.41, 5.74) is 1.49. The molecule has 0 bridgehead atoms. The van der Waals surface area contributed by atoms with E-state index in [1.807, 2.05) is 24.0 Å². The number of methoxy groups -OCH3 is 1. The molecular formula is C26H33FN4O3. The van der Waals surface area contributed by atoms with Crippen LogP contribution in [-0.4, -0.2) is 79.9 Å². The summed E-state index contributed by atoms with van der Waals surface area (Å²) in [6.45, 7) is 7.52. The van der Waals surface area contributed by atoms with Gasteiger partial charge in [-0.05, 0) is 50.5 Å². The van der Waals surface area contributed by atoms with Crippen molar-refractivity contribution in [3.05, 3.63) is 42.3 Å². The van der Waals surface area contributed by atoms with E-state index in [0.29, 0.717) is 24.0 Å². The van der Waals surface area contributed by atoms with Crippen molar-refractivity contribution >= 4 is 11.9 Å². The Kier molecular flexibility index (Phi) is 6.34. The van der Waals surface area contributed by atoms with Crippen molar-refractivity contribution in [3.8, 4) is 16.9 Å². The molecular weight excluding hydrogens is 435 g/mol. The van der Waals surface area contributed by atoms with Crippen LogP contribution in [0.3, 0.4) is 0 Å². The first kappa shape index (κ1) is 22.9. The van der Waals surface area contributed by atoms with E-state index in [1.165, 1.54) is 18.9 Å². The molecule has 8 heteroatoms. The quantitative estimate of drug-likeness (QED) is 0.661. The Morgan fingerprint density at radius 2 is 1.97 bits per heavy atom. The summed E-state index contributed by atoms with van der Waals surface area (Å²) in [6, 6.07) is 9.23.